The summed E-state index contributed by atoms with van der Waals surface area (Å²) in [5, 5.41) is 12.6. The standard InChI is InChI=1S/C15H16FN5O2/c16-11-1-2-12-13(9-11)19-15(21-5-3-17-10-21)20-14(12)18-4-7-23-8-6-22/h1-3,5,9-10,22H,4,6-8H2,(H,18,19,20). The van der Waals surface area contributed by atoms with Gasteiger partial charge in [-0.25, -0.2) is 14.4 Å². The molecule has 2 aromatic heterocycles. The maximum Gasteiger partial charge on any atom is 0.237 e. The number of aliphatic hydroxyl groups is 1. The van der Waals surface area contributed by atoms with Crippen molar-refractivity contribution in [2.75, 3.05) is 31.7 Å². The van der Waals surface area contributed by atoms with Gasteiger partial charge < -0.3 is 15.2 Å². The Bertz CT molecular complexity index is 779. The van der Waals surface area contributed by atoms with Gasteiger partial charge in [-0.15, -0.1) is 0 Å². The van der Waals surface area contributed by atoms with Gasteiger partial charge in [0.15, 0.2) is 0 Å². The molecule has 23 heavy (non-hydrogen) atoms. The lowest BCUT2D eigenvalue weighted by Gasteiger charge is -2.11. The fourth-order valence-corrected chi connectivity index (χ4v) is 2.13. The van der Waals surface area contributed by atoms with E-state index in [0.29, 0.717) is 30.4 Å². The number of aliphatic hydroxyl groups excluding tert-OH is 1. The van der Waals surface area contributed by atoms with Crippen LogP contribution in [0.25, 0.3) is 16.9 Å². The maximum absolute atomic E-state index is 13.5. The zero-order valence-corrected chi connectivity index (χ0v) is 12.3. The van der Waals surface area contributed by atoms with Crippen molar-refractivity contribution in [2.45, 2.75) is 0 Å². The molecule has 0 atom stereocenters. The highest BCUT2D eigenvalue weighted by Gasteiger charge is 2.09. The van der Waals surface area contributed by atoms with Crippen molar-refractivity contribution in [1.29, 1.82) is 0 Å². The molecule has 8 heteroatoms. The molecule has 7 nitrogen and oxygen atoms in total. The molecular weight excluding hydrogens is 301 g/mol. The molecule has 2 N–H and O–H groups in total. The molecule has 0 aliphatic rings. The number of aromatic nitrogens is 4. The molecule has 3 aromatic rings. The van der Waals surface area contributed by atoms with E-state index >= 15 is 0 Å². The molecule has 0 bridgehead atoms. The monoisotopic (exact) mass is 317 g/mol. The molecule has 0 aliphatic heterocycles. The van der Waals surface area contributed by atoms with E-state index in [4.69, 9.17) is 9.84 Å². The minimum atomic E-state index is -0.356. The van der Waals surface area contributed by atoms with Crippen molar-refractivity contribution >= 4 is 16.7 Å². The Labute approximate surface area is 131 Å². The fourth-order valence-electron chi connectivity index (χ4n) is 2.13. The van der Waals surface area contributed by atoms with Gasteiger partial charge in [0.1, 0.15) is 18.0 Å². The third kappa shape index (κ3) is 3.61. The van der Waals surface area contributed by atoms with Crippen molar-refractivity contribution < 1.29 is 14.2 Å². The smallest absolute Gasteiger partial charge is 0.237 e. The number of imidazole rings is 1. The number of halogens is 1. The predicted molar refractivity (Wildman–Crippen MR) is 83.0 cm³/mol. The van der Waals surface area contributed by atoms with Crippen LogP contribution in [0.1, 0.15) is 0 Å². The lowest BCUT2D eigenvalue weighted by molar-refractivity contribution is 0.0992. The minimum absolute atomic E-state index is 0.0134. The van der Waals surface area contributed by atoms with Crippen LogP contribution in [0, 0.1) is 5.82 Å². The second kappa shape index (κ2) is 7.12. The van der Waals surface area contributed by atoms with Crippen LogP contribution in [-0.4, -0.2) is 51.0 Å². The van der Waals surface area contributed by atoms with E-state index in [1.54, 1.807) is 29.4 Å². The number of hydrogen-bond acceptors (Lipinski definition) is 6. The first kappa shape index (κ1) is 15.3. The summed E-state index contributed by atoms with van der Waals surface area (Å²) in [6.45, 7) is 1.21. The highest BCUT2D eigenvalue weighted by molar-refractivity contribution is 5.89. The van der Waals surface area contributed by atoms with Gasteiger partial charge in [0.05, 0.1) is 25.3 Å². The molecule has 2 heterocycles. The molecule has 1 aromatic carbocycles. The van der Waals surface area contributed by atoms with Crippen molar-refractivity contribution in [3.8, 4) is 5.95 Å². The van der Waals surface area contributed by atoms with Crippen molar-refractivity contribution in [3.63, 3.8) is 0 Å². The third-order valence-electron chi connectivity index (χ3n) is 3.16. The maximum atomic E-state index is 13.5. The fraction of sp³-hybridized carbons (Fsp3) is 0.267. The number of nitrogens with zero attached hydrogens (tertiary/aromatic N) is 4. The Morgan fingerprint density at radius 1 is 1.26 bits per heavy atom. The first-order chi connectivity index (χ1) is 11.3. The van der Waals surface area contributed by atoms with Crippen molar-refractivity contribution in [2.24, 2.45) is 0 Å². The summed E-state index contributed by atoms with van der Waals surface area (Å²) in [5.41, 5.74) is 0.502. The molecular formula is C15H16FN5O2. The number of anilines is 1. The van der Waals surface area contributed by atoms with E-state index in [-0.39, 0.29) is 19.0 Å². The van der Waals surface area contributed by atoms with E-state index in [9.17, 15) is 4.39 Å². The number of benzene rings is 1. The van der Waals surface area contributed by atoms with E-state index in [0.717, 1.165) is 5.39 Å². The number of rotatable bonds is 7. The van der Waals surface area contributed by atoms with Gasteiger partial charge in [0, 0.05) is 30.4 Å². The van der Waals surface area contributed by atoms with E-state index in [1.165, 1.54) is 12.1 Å². The molecule has 0 saturated heterocycles. The normalized spacial score (nSPS) is 11.0. The number of fused-ring (bicyclic) bond motifs is 1. The van der Waals surface area contributed by atoms with Gasteiger partial charge in [0.25, 0.3) is 0 Å². The number of hydrogen-bond donors (Lipinski definition) is 2. The molecule has 0 unspecified atom stereocenters. The Balaban J connectivity index is 1.90. The summed E-state index contributed by atoms with van der Waals surface area (Å²) in [5.74, 6) is 0.635. The summed E-state index contributed by atoms with van der Waals surface area (Å²) in [6, 6.07) is 4.38. The molecule has 0 aliphatic carbocycles. The topological polar surface area (TPSA) is 85.1 Å². The lowest BCUT2D eigenvalue weighted by Crippen LogP contribution is -2.13. The molecule has 120 valence electrons. The van der Waals surface area contributed by atoms with E-state index < -0.39 is 0 Å². The average molecular weight is 317 g/mol. The Morgan fingerprint density at radius 2 is 2.17 bits per heavy atom. The third-order valence-corrected chi connectivity index (χ3v) is 3.16. The Kier molecular flexibility index (Phi) is 4.74. The highest BCUT2D eigenvalue weighted by Crippen LogP contribution is 2.22. The second-order valence-corrected chi connectivity index (χ2v) is 4.77. The van der Waals surface area contributed by atoms with E-state index in [1.807, 2.05) is 0 Å². The largest absolute Gasteiger partial charge is 0.394 e. The van der Waals surface area contributed by atoms with E-state index in [2.05, 4.69) is 20.3 Å². The minimum Gasteiger partial charge on any atom is -0.394 e. The number of ether oxygens (including phenoxy) is 1. The zero-order valence-electron chi connectivity index (χ0n) is 12.3. The Morgan fingerprint density at radius 3 is 2.96 bits per heavy atom. The predicted octanol–water partition coefficient (Wildman–Crippen LogP) is 1.38. The lowest BCUT2D eigenvalue weighted by atomic mass is 10.2. The summed E-state index contributed by atoms with van der Waals surface area (Å²) < 4.78 is 20.3. The first-order valence-corrected chi connectivity index (χ1v) is 7.16. The van der Waals surface area contributed by atoms with Crippen LogP contribution in [-0.2, 0) is 4.74 Å². The van der Waals surface area contributed by atoms with Crippen LogP contribution in [0.4, 0.5) is 10.2 Å². The number of nitrogens with one attached hydrogen (secondary N) is 1. The second-order valence-electron chi connectivity index (χ2n) is 4.77. The zero-order chi connectivity index (χ0) is 16.1. The summed E-state index contributed by atoms with van der Waals surface area (Å²) in [4.78, 5) is 12.8. The van der Waals surface area contributed by atoms with Crippen molar-refractivity contribution in [1.82, 2.24) is 19.5 Å². The summed E-state index contributed by atoms with van der Waals surface area (Å²) in [7, 11) is 0. The van der Waals surface area contributed by atoms with Crippen LogP contribution in [0.2, 0.25) is 0 Å². The molecule has 3 rings (SSSR count). The van der Waals surface area contributed by atoms with Gasteiger partial charge in [-0.05, 0) is 12.1 Å². The van der Waals surface area contributed by atoms with Gasteiger partial charge >= 0.3 is 0 Å². The van der Waals surface area contributed by atoms with Gasteiger partial charge in [-0.1, -0.05) is 0 Å². The molecule has 0 saturated carbocycles. The molecule has 0 spiro atoms. The van der Waals surface area contributed by atoms with Gasteiger partial charge in [0.2, 0.25) is 5.95 Å². The van der Waals surface area contributed by atoms with Crippen LogP contribution in [0.15, 0.2) is 36.9 Å². The van der Waals surface area contributed by atoms with Gasteiger partial charge in [-0.2, -0.15) is 4.98 Å². The van der Waals surface area contributed by atoms with Gasteiger partial charge in [-0.3, -0.25) is 4.57 Å². The summed E-state index contributed by atoms with van der Waals surface area (Å²) >= 11 is 0. The van der Waals surface area contributed by atoms with Crippen LogP contribution in [0.5, 0.6) is 0 Å². The first-order valence-electron chi connectivity index (χ1n) is 7.16. The van der Waals surface area contributed by atoms with Crippen LogP contribution >= 0.6 is 0 Å². The molecule has 0 amide bonds. The molecule has 0 fully saturated rings. The Hall–Kier alpha value is -2.58. The van der Waals surface area contributed by atoms with Crippen LogP contribution < -0.4 is 5.32 Å². The summed E-state index contributed by atoms with van der Waals surface area (Å²) in [6.07, 6.45) is 4.91. The SMILES string of the molecule is OCCOCCNc1nc(-n2ccnc2)nc2cc(F)ccc12. The molecule has 0 radical (unpaired) electrons. The highest BCUT2D eigenvalue weighted by atomic mass is 19.1. The van der Waals surface area contributed by atoms with Crippen molar-refractivity contribution in [3.05, 3.63) is 42.7 Å². The quantitative estimate of drug-likeness (QED) is 0.640. The van der Waals surface area contributed by atoms with Crippen LogP contribution in [0.3, 0.4) is 0 Å². The average Bonchev–Trinajstić information content (AvgIpc) is 3.08.